The third-order valence-electron chi connectivity index (χ3n) is 4.86. The van der Waals surface area contributed by atoms with E-state index in [1.54, 1.807) is 0 Å². The first kappa shape index (κ1) is 18.2. The van der Waals surface area contributed by atoms with Gasteiger partial charge in [-0.2, -0.15) is 0 Å². The molecule has 1 aliphatic heterocycles. The standard InChI is InChI=1S/C18H27ClN2O2/c1-2-18(14-22)8-4-9-21(13-18)10-7-17(23)20-12-15-5-3-6-16(19)11-15/h3,5-6,11,22H,2,4,7-10,12-14H2,1H3,(H,20,23)/t18-/m1/s1. The maximum absolute atomic E-state index is 12.0. The second-order valence-corrected chi connectivity index (χ2v) is 6.98. The minimum Gasteiger partial charge on any atom is -0.396 e. The lowest BCUT2D eigenvalue weighted by Gasteiger charge is -2.41. The van der Waals surface area contributed by atoms with Crippen molar-refractivity contribution >= 4 is 17.5 Å². The zero-order valence-corrected chi connectivity index (χ0v) is 14.6. The molecule has 5 heteroatoms. The molecule has 0 unspecified atom stereocenters. The molecule has 128 valence electrons. The van der Waals surface area contributed by atoms with Gasteiger partial charge in [0.1, 0.15) is 0 Å². The van der Waals surface area contributed by atoms with Gasteiger partial charge in [0.2, 0.25) is 5.91 Å². The number of carbonyl (C=O) groups is 1. The van der Waals surface area contributed by atoms with Gasteiger partial charge in [-0.15, -0.1) is 0 Å². The first-order valence-corrected chi connectivity index (χ1v) is 8.79. The number of aliphatic hydroxyl groups is 1. The van der Waals surface area contributed by atoms with Crippen LogP contribution in [0.2, 0.25) is 5.02 Å². The number of nitrogens with one attached hydrogen (secondary N) is 1. The Morgan fingerprint density at radius 3 is 3.00 bits per heavy atom. The van der Waals surface area contributed by atoms with Crippen molar-refractivity contribution in [3.05, 3.63) is 34.9 Å². The molecule has 2 rings (SSSR count). The third kappa shape index (κ3) is 5.48. The van der Waals surface area contributed by atoms with Crippen molar-refractivity contribution in [2.24, 2.45) is 5.41 Å². The molecule has 4 nitrogen and oxygen atoms in total. The van der Waals surface area contributed by atoms with Crippen LogP contribution in [0.25, 0.3) is 0 Å². The number of halogens is 1. The summed E-state index contributed by atoms with van der Waals surface area (Å²) < 4.78 is 0. The number of amides is 1. The molecule has 1 saturated heterocycles. The molecule has 0 aliphatic carbocycles. The number of carbonyl (C=O) groups excluding carboxylic acids is 1. The predicted molar refractivity (Wildman–Crippen MR) is 93.4 cm³/mol. The van der Waals surface area contributed by atoms with Gasteiger partial charge < -0.3 is 15.3 Å². The summed E-state index contributed by atoms with van der Waals surface area (Å²) in [5, 5.41) is 13.3. The number of nitrogens with zero attached hydrogens (tertiary/aromatic N) is 1. The molecule has 1 aromatic carbocycles. The Kier molecular flexibility index (Phi) is 6.88. The van der Waals surface area contributed by atoms with E-state index >= 15 is 0 Å². The Morgan fingerprint density at radius 1 is 1.48 bits per heavy atom. The summed E-state index contributed by atoms with van der Waals surface area (Å²) in [6.45, 7) is 5.54. The van der Waals surface area contributed by atoms with Crippen molar-refractivity contribution in [3.8, 4) is 0 Å². The number of hydrogen-bond donors (Lipinski definition) is 2. The molecule has 0 bridgehead atoms. The number of piperidine rings is 1. The molecule has 0 spiro atoms. The van der Waals surface area contributed by atoms with E-state index in [1.165, 1.54) is 0 Å². The van der Waals surface area contributed by atoms with E-state index < -0.39 is 0 Å². The summed E-state index contributed by atoms with van der Waals surface area (Å²) in [6, 6.07) is 7.53. The van der Waals surface area contributed by atoms with Crippen molar-refractivity contribution in [2.45, 2.75) is 39.2 Å². The largest absolute Gasteiger partial charge is 0.396 e. The van der Waals surface area contributed by atoms with Crippen molar-refractivity contribution in [1.29, 1.82) is 0 Å². The van der Waals surface area contributed by atoms with Crippen LogP contribution in [0.4, 0.5) is 0 Å². The van der Waals surface area contributed by atoms with Gasteiger partial charge in [0, 0.05) is 43.1 Å². The highest BCUT2D eigenvalue weighted by molar-refractivity contribution is 6.30. The van der Waals surface area contributed by atoms with Crippen molar-refractivity contribution in [2.75, 3.05) is 26.2 Å². The lowest BCUT2D eigenvalue weighted by Crippen LogP contribution is -2.46. The van der Waals surface area contributed by atoms with Gasteiger partial charge in [-0.25, -0.2) is 0 Å². The van der Waals surface area contributed by atoms with E-state index in [1.807, 2.05) is 24.3 Å². The van der Waals surface area contributed by atoms with Gasteiger partial charge in [0.15, 0.2) is 0 Å². The first-order chi connectivity index (χ1) is 11.1. The number of hydrogen-bond acceptors (Lipinski definition) is 3. The van der Waals surface area contributed by atoms with Gasteiger partial charge in [0.25, 0.3) is 0 Å². The van der Waals surface area contributed by atoms with Crippen LogP contribution in [0.5, 0.6) is 0 Å². The number of aliphatic hydroxyl groups excluding tert-OH is 1. The van der Waals surface area contributed by atoms with Crippen LogP contribution in [0.15, 0.2) is 24.3 Å². The monoisotopic (exact) mass is 338 g/mol. The normalized spacial score (nSPS) is 22.0. The summed E-state index contributed by atoms with van der Waals surface area (Å²) in [5.41, 5.74) is 1.03. The van der Waals surface area contributed by atoms with Crippen LogP contribution in [-0.2, 0) is 11.3 Å². The van der Waals surface area contributed by atoms with E-state index in [4.69, 9.17) is 11.6 Å². The van der Waals surface area contributed by atoms with Gasteiger partial charge in [-0.1, -0.05) is 30.7 Å². The summed E-state index contributed by atoms with van der Waals surface area (Å²) in [6.07, 6.45) is 3.66. The molecule has 1 amide bonds. The molecule has 2 N–H and O–H groups in total. The number of benzene rings is 1. The van der Waals surface area contributed by atoms with Crippen LogP contribution in [0.3, 0.4) is 0 Å². The fraction of sp³-hybridized carbons (Fsp3) is 0.611. The lowest BCUT2D eigenvalue weighted by molar-refractivity contribution is -0.121. The average molecular weight is 339 g/mol. The first-order valence-electron chi connectivity index (χ1n) is 8.41. The summed E-state index contributed by atoms with van der Waals surface area (Å²) in [5.74, 6) is 0.0571. The highest BCUT2D eigenvalue weighted by atomic mass is 35.5. The van der Waals surface area contributed by atoms with E-state index in [0.29, 0.717) is 18.0 Å². The molecule has 1 heterocycles. The van der Waals surface area contributed by atoms with E-state index in [0.717, 1.165) is 44.5 Å². The van der Waals surface area contributed by atoms with Crippen molar-refractivity contribution in [1.82, 2.24) is 10.2 Å². The van der Waals surface area contributed by atoms with Gasteiger partial charge in [-0.3, -0.25) is 4.79 Å². The number of likely N-dealkylation sites (tertiary alicyclic amines) is 1. The van der Waals surface area contributed by atoms with Crippen LogP contribution in [0.1, 0.15) is 38.2 Å². The minimum atomic E-state index is 0.0233. The second-order valence-electron chi connectivity index (χ2n) is 6.55. The Morgan fingerprint density at radius 2 is 2.30 bits per heavy atom. The van der Waals surface area contributed by atoms with Gasteiger partial charge >= 0.3 is 0 Å². The Balaban J connectivity index is 1.74. The van der Waals surface area contributed by atoms with E-state index in [2.05, 4.69) is 17.1 Å². The molecular formula is C18H27ClN2O2. The lowest BCUT2D eigenvalue weighted by atomic mass is 9.78. The summed E-state index contributed by atoms with van der Waals surface area (Å²) in [4.78, 5) is 14.3. The molecule has 1 fully saturated rings. The SMILES string of the molecule is CC[C@@]1(CO)CCCN(CCC(=O)NCc2cccc(Cl)c2)C1. The minimum absolute atomic E-state index is 0.0233. The van der Waals surface area contributed by atoms with Gasteiger partial charge in [0.05, 0.1) is 0 Å². The Hall–Kier alpha value is -1.10. The average Bonchev–Trinajstić information content (AvgIpc) is 2.58. The summed E-state index contributed by atoms with van der Waals surface area (Å²) in [7, 11) is 0. The maximum Gasteiger partial charge on any atom is 0.221 e. The fourth-order valence-corrected chi connectivity index (χ4v) is 3.44. The van der Waals surface area contributed by atoms with Crippen molar-refractivity contribution in [3.63, 3.8) is 0 Å². The molecule has 0 radical (unpaired) electrons. The highest BCUT2D eigenvalue weighted by Gasteiger charge is 2.33. The molecule has 1 aromatic rings. The van der Waals surface area contributed by atoms with Crippen LogP contribution in [-0.4, -0.2) is 42.2 Å². The predicted octanol–water partition coefficient (Wildman–Crippen LogP) is 2.83. The zero-order valence-electron chi connectivity index (χ0n) is 13.9. The molecule has 23 heavy (non-hydrogen) atoms. The van der Waals surface area contributed by atoms with E-state index in [9.17, 15) is 9.90 Å². The van der Waals surface area contributed by atoms with Crippen LogP contribution < -0.4 is 5.32 Å². The second kappa shape index (κ2) is 8.67. The number of rotatable bonds is 7. The zero-order chi connectivity index (χ0) is 16.7. The third-order valence-corrected chi connectivity index (χ3v) is 5.09. The molecule has 0 saturated carbocycles. The molecule has 1 aliphatic rings. The molecule has 0 aromatic heterocycles. The van der Waals surface area contributed by atoms with Crippen molar-refractivity contribution < 1.29 is 9.90 Å². The fourth-order valence-electron chi connectivity index (χ4n) is 3.23. The maximum atomic E-state index is 12.0. The Labute approximate surface area is 143 Å². The highest BCUT2D eigenvalue weighted by Crippen LogP contribution is 2.32. The molecular weight excluding hydrogens is 312 g/mol. The molecule has 1 atom stereocenters. The van der Waals surface area contributed by atoms with Crippen LogP contribution >= 0.6 is 11.6 Å². The Bertz CT molecular complexity index is 517. The van der Waals surface area contributed by atoms with E-state index in [-0.39, 0.29) is 17.9 Å². The topological polar surface area (TPSA) is 52.6 Å². The summed E-state index contributed by atoms with van der Waals surface area (Å²) >= 11 is 5.94. The van der Waals surface area contributed by atoms with Gasteiger partial charge in [-0.05, 0) is 43.5 Å². The van der Waals surface area contributed by atoms with Crippen LogP contribution in [0, 0.1) is 5.41 Å². The quantitative estimate of drug-likeness (QED) is 0.803. The smallest absolute Gasteiger partial charge is 0.221 e.